The van der Waals surface area contributed by atoms with Crippen LogP contribution in [0.5, 0.6) is 0 Å². The van der Waals surface area contributed by atoms with E-state index in [0.29, 0.717) is 6.07 Å². The molecule has 0 unspecified atom stereocenters. The van der Waals surface area contributed by atoms with E-state index in [2.05, 4.69) is 9.97 Å². The average Bonchev–Trinajstić information content (AvgIpc) is 2.33. The Balaban J connectivity index is 2.46. The molecule has 0 aliphatic heterocycles. The van der Waals surface area contributed by atoms with E-state index in [1.54, 1.807) is 0 Å². The molecule has 0 spiro atoms. The van der Waals surface area contributed by atoms with Crippen LogP contribution in [0.25, 0.3) is 0 Å². The predicted octanol–water partition coefficient (Wildman–Crippen LogP) is 2.86. The molecule has 0 saturated carbocycles. The van der Waals surface area contributed by atoms with E-state index >= 15 is 0 Å². The Morgan fingerprint density at radius 1 is 1.10 bits per heavy atom. The summed E-state index contributed by atoms with van der Waals surface area (Å²) in [6, 6.07) is 2.03. The predicted molar refractivity (Wildman–Crippen MR) is 69.2 cm³/mol. The van der Waals surface area contributed by atoms with E-state index in [0.717, 1.165) is 18.5 Å². The zero-order valence-corrected chi connectivity index (χ0v) is 11.8. The summed E-state index contributed by atoms with van der Waals surface area (Å²) < 4.78 is 52.2. The standard InChI is InChI=1S/C10H5Cl2F2N3O2S/c11-9-8(10(12)16-4-15-9)17-20(18,19)7-2-1-5(13)3-6(7)14/h1-4,17H. The summed E-state index contributed by atoms with van der Waals surface area (Å²) in [6.07, 6.45) is 1.03. The lowest BCUT2D eigenvalue weighted by molar-refractivity contribution is 0.551. The molecule has 2 rings (SSSR count). The van der Waals surface area contributed by atoms with Crippen molar-refractivity contribution < 1.29 is 17.2 Å². The third kappa shape index (κ3) is 2.97. The van der Waals surface area contributed by atoms with Gasteiger partial charge in [-0.05, 0) is 12.1 Å². The molecule has 1 aromatic heterocycles. The van der Waals surface area contributed by atoms with Crippen molar-refractivity contribution in [1.29, 1.82) is 0 Å². The molecule has 20 heavy (non-hydrogen) atoms. The van der Waals surface area contributed by atoms with Crippen molar-refractivity contribution in [2.75, 3.05) is 4.72 Å². The summed E-state index contributed by atoms with van der Waals surface area (Å²) in [5, 5.41) is -0.507. The number of hydrogen-bond acceptors (Lipinski definition) is 4. The molecular weight excluding hydrogens is 335 g/mol. The number of anilines is 1. The monoisotopic (exact) mass is 339 g/mol. The van der Waals surface area contributed by atoms with Gasteiger partial charge in [-0.3, -0.25) is 4.72 Å². The van der Waals surface area contributed by atoms with Gasteiger partial charge in [-0.15, -0.1) is 0 Å². The minimum Gasteiger partial charge on any atom is -0.273 e. The van der Waals surface area contributed by atoms with Crippen LogP contribution in [0.4, 0.5) is 14.5 Å². The Hall–Kier alpha value is -1.51. The first-order chi connectivity index (χ1) is 9.31. The molecule has 1 N–H and O–H groups in total. The van der Waals surface area contributed by atoms with Crippen molar-refractivity contribution >= 4 is 38.9 Å². The third-order valence-corrected chi connectivity index (χ3v) is 4.13. The maximum Gasteiger partial charge on any atom is 0.265 e. The highest BCUT2D eigenvalue weighted by Crippen LogP contribution is 2.29. The van der Waals surface area contributed by atoms with Gasteiger partial charge in [0.15, 0.2) is 10.3 Å². The first kappa shape index (κ1) is 14.9. The molecule has 10 heteroatoms. The van der Waals surface area contributed by atoms with Crippen LogP contribution in [0.3, 0.4) is 0 Å². The van der Waals surface area contributed by atoms with Gasteiger partial charge in [-0.1, -0.05) is 23.2 Å². The van der Waals surface area contributed by atoms with Crippen molar-refractivity contribution in [2.45, 2.75) is 4.90 Å². The van der Waals surface area contributed by atoms with Gasteiger partial charge >= 0.3 is 0 Å². The minimum atomic E-state index is -4.35. The van der Waals surface area contributed by atoms with Crippen molar-refractivity contribution in [3.63, 3.8) is 0 Å². The Bertz CT molecular complexity index is 751. The van der Waals surface area contributed by atoms with Crippen molar-refractivity contribution in [3.8, 4) is 0 Å². The zero-order valence-electron chi connectivity index (χ0n) is 9.44. The quantitative estimate of drug-likeness (QED) is 0.872. The van der Waals surface area contributed by atoms with Crippen molar-refractivity contribution in [1.82, 2.24) is 9.97 Å². The number of nitrogens with one attached hydrogen (secondary N) is 1. The van der Waals surface area contributed by atoms with E-state index in [1.807, 2.05) is 4.72 Å². The Morgan fingerprint density at radius 2 is 1.70 bits per heavy atom. The summed E-state index contributed by atoms with van der Waals surface area (Å²) in [6.45, 7) is 0. The van der Waals surface area contributed by atoms with Crippen LogP contribution in [0.15, 0.2) is 29.4 Å². The summed E-state index contributed by atoms with van der Waals surface area (Å²) in [5.41, 5.74) is -0.292. The van der Waals surface area contributed by atoms with E-state index in [-0.39, 0.29) is 16.0 Å². The average molecular weight is 340 g/mol. The second-order valence-corrected chi connectivity index (χ2v) is 5.88. The lowest BCUT2D eigenvalue weighted by Crippen LogP contribution is -2.16. The molecule has 0 saturated heterocycles. The molecule has 0 atom stereocenters. The number of halogens is 4. The first-order valence-electron chi connectivity index (χ1n) is 4.95. The summed E-state index contributed by atoms with van der Waals surface area (Å²) in [5.74, 6) is -2.15. The molecule has 0 fully saturated rings. The van der Waals surface area contributed by atoms with E-state index in [4.69, 9.17) is 23.2 Å². The molecule has 5 nitrogen and oxygen atoms in total. The van der Waals surface area contributed by atoms with Crippen LogP contribution in [-0.2, 0) is 10.0 Å². The van der Waals surface area contributed by atoms with E-state index < -0.39 is 26.6 Å². The largest absolute Gasteiger partial charge is 0.273 e. The smallest absolute Gasteiger partial charge is 0.265 e. The first-order valence-corrected chi connectivity index (χ1v) is 7.19. The second kappa shape index (κ2) is 5.47. The normalized spacial score (nSPS) is 11.4. The minimum absolute atomic E-state index is 0.254. The fourth-order valence-electron chi connectivity index (χ4n) is 1.31. The molecule has 0 aliphatic rings. The van der Waals surface area contributed by atoms with Gasteiger partial charge in [0, 0.05) is 6.07 Å². The summed E-state index contributed by atoms with van der Waals surface area (Å²) in [7, 11) is -4.35. The Labute approximate surface area is 122 Å². The number of hydrogen-bond donors (Lipinski definition) is 1. The van der Waals surface area contributed by atoms with Crippen LogP contribution >= 0.6 is 23.2 Å². The summed E-state index contributed by atoms with van der Waals surface area (Å²) in [4.78, 5) is 6.33. The fraction of sp³-hybridized carbons (Fsp3) is 0. The molecule has 0 aliphatic carbocycles. The van der Waals surface area contributed by atoms with Crippen LogP contribution in [0.1, 0.15) is 0 Å². The Morgan fingerprint density at radius 3 is 2.25 bits per heavy atom. The maximum atomic E-state index is 13.5. The van der Waals surface area contributed by atoms with Crippen molar-refractivity contribution in [3.05, 3.63) is 46.5 Å². The Kier molecular flexibility index (Phi) is 4.07. The van der Waals surface area contributed by atoms with Crippen molar-refractivity contribution in [2.24, 2.45) is 0 Å². The molecule has 1 heterocycles. The summed E-state index contributed by atoms with van der Waals surface area (Å²) >= 11 is 11.3. The number of aromatic nitrogens is 2. The van der Waals surface area contributed by atoms with Crippen LogP contribution in [0.2, 0.25) is 10.3 Å². The molecule has 2 aromatic rings. The van der Waals surface area contributed by atoms with Crippen LogP contribution < -0.4 is 4.72 Å². The van der Waals surface area contributed by atoms with Gasteiger partial charge in [0.05, 0.1) is 0 Å². The van der Waals surface area contributed by atoms with Gasteiger partial charge in [-0.2, -0.15) is 0 Å². The molecule has 0 amide bonds. The van der Waals surface area contributed by atoms with E-state index in [1.165, 1.54) is 0 Å². The number of nitrogens with zero attached hydrogens (tertiary/aromatic N) is 2. The third-order valence-electron chi connectivity index (χ3n) is 2.17. The highest BCUT2D eigenvalue weighted by Gasteiger charge is 2.22. The lowest BCUT2D eigenvalue weighted by atomic mass is 10.3. The van der Waals surface area contributed by atoms with Gasteiger partial charge in [0.2, 0.25) is 0 Å². The van der Waals surface area contributed by atoms with Crippen LogP contribution in [0, 0.1) is 11.6 Å². The van der Waals surface area contributed by atoms with Gasteiger partial charge < -0.3 is 0 Å². The lowest BCUT2D eigenvalue weighted by Gasteiger charge is -2.10. The van der Waals surface area contributed by atoms with E-state index in [9.17, 15) is 17.2 Å². The molecular formula is C10H5Cl2F2N3O2S. The fourth-order valence-corrected chi connectivity index (χ4v) is 2.97. The molecule has 0 radical (unpaired) electrons. The maximum absolute atomic E-state index is 13.5. The van der Waals surface area contributed by atoms with Gasteiger partial charge in [-0.25, -0.2) is 27.2 Å². The number of rotatable bonds is 3. The topological polar surface area (TPSA) is 72.0 Å². The number of benzene rings is 1. The number of sulfonamides is 1. The SMILES string of the molecule is O=S(=O)(Nc1c(Cl)ncnc1Cl)c1ccc(F)cc1F. The van der Waals surface area contributed by atoms with Gasteiger partial charge in [0.1, 0.15) is 28.5 Å². The van der Waals surface area contributed by atoms with Crippen LogP contribution in [-0.4, -0.2) is 18.4 Å². The highest BCUT2D eigenvalue weighted by atomic mass is 35.5. The molecule has 1 aromatic carbocycles. The second-order valence-electron chi connectivity index (χ2n) is 3.51. The molecule has 0 bridgehead atoms. The molecule has 106 valence electrons. The zero-order chi connectivity index (χ0) is 14.9. The highest BCUT2D eigenvalue weighted by molar-refractivity contribution is 7.92. The van der Waals surface area contributed by atoms with Gasteiger partial charge in [0.25, 0.3) is 10.0 Å².